The standard InChI is InChI=1S/C14H20N2S/c1-12-7-4-5-8-13(12)17-10-6-9-14(2,11-15)16-3/h4-5,7-8,16H,6,9-10H2,1-3H3. The zero-order valence-electron chi connectivity index (χ0n) is 10.8. The second-order valence-corrected chi connectivity index (χ2v) is 5.55. The minimum absolute atomic E-state index is 0.383. The van der Waals surface area contributed by atoms with Crippen molar-refractivity contribution in [2.75, 3.05) is 12.8 Å². The average Bonchev–Trinajstić information content (AvgIpc) is 2.36. The Labute approximate surface area is 108 Å². The molecule has 17 heavy (non-hydrogen) atoms. The van der Waals surface area contributed by atoms with Crippen LogP contribution in [-0.2, 0) is 0 Å². The highest BCUT2D eigenvalue weighted by Crippen LogP contribution is 2.24. The highest BCUT2D eigenvalue weighted by molar-refractivity contribution is 7.99. The summed E-state index contributed by atoms with van der Waals surface area (Å²) in [6.45, 7) is 4.08. The van der Waals surface area contributed by atoms with E-state index in [2.05, 4.69) is 42.6 Å². The van der Waals surface area contributed by atoms with Crippen LogP contribution >= 0.6 is 11.8 Å². The lowest BCUT2D eigenvalue weighted by Gasteiger charge is -2.20. The third-order valence-electron chi connectivity index (χ3n) is 2.97. The Morgan fingerprint density at radius 2 is 2.12 bits per heavy atom. The van der Waals surface area contributed by atoms with E-state index in [1.54, 1.807) is 0 Å². The topological polar surface area (TPSA) is 35.8 Å². The highest BCUT2D eigenvalue weighted by Gasteiger charge is 2.19. The molecule has 1 rings (SSSR count). The fraction of sp³-hybridized carbons (Fsp3) is 0.500. The molecule has 92 valence electrons. The summed E-state index contributed by atoms with van der Waals surface area (Å²) in [5.74, 6) is 1.06. The summed E-state index contributed by atoms with van der Waals surface area (Å²) in [7, 11) is 1.84. The average molecular weight is 248 g/mol. The monoisotopic (exact) mass is 248 g/mol. The molecule has 0 fully saturated rings. The van der Waals surface area contributed by atoms with Gasteiger partial charge in [-0.15, -0.1) is 11.8 Å². The highest BCUT2D eigenvalue weighted by atomic mass is 32.2. The molecule has 1 aromatic carbocycles. The number of nitrogens with one attached hydrogen (secondary N) is 1. The van der Waals surface area contributed by atoms with Gasteiger partial charge in [0.05, 0.1) is 6.07 Å². The maximum absolute atomic E-state index is 9.03. The minimum Gasteiger partial charge on any atom is -0.303 e. The van der Waals surface area contributed by atoms with Gasteiger partial charge in [0.25, 0.3) is 0 Å². The normalized spacial score (nSPS) is 14.0. The molecule has 0 aliphatic rings. The van der Waals surface area contributed by atoms with Crippen LogP contribution in [0.1, 0.15) is 25.3 Å². The van der Waals surface area contributed by atoms with Crippen LogP contribution in [0.3, 0.4) is 0 Å². The van der Waals surface area contributed by atoms with E-state index in [0.29, 0.717) is 0 Å². The molecule has 1 atom stereocenters. The number of nitrogens with zero attached hydrogens (tertiary/aromatic N) is 1. The SMILES string of the molecule is CNC(C)(C#N)CCCSc1ccccc1C. The van der Waals surface area contributed by atoms with Crippen molar-refractivity contribution in [3.8, 4) is 6.07 Å². The summed E-state index contributed by atoms with van der Waals surface area (Å²) in [4.78, 5) is 1.34. The largest absolute Gasteiger partial charge is 0.303 e. The van der Waals surface area contributed by atoms with E-state index in [9.17, 15) is 0 Å². The van der Waals surface area contributed by atoms with Crippen LogP contribution in [-0.4, -0.2) is 18.3 Å². The molecular weight excluding hydrogens is 228 g/mol. The van der Waals surface area contributed by atoms with Crippen LogP contribution in [0.15, 0.2) is 29.2 Å². The molecule has 0 bridgehead atoms. The molecule has 0 aliphatic carbocycles. The molecule has 0 amide bonds. The second-order valence-electron chi connectivity index (χ2n) is 4.41. The third-order valence-corrected chi connectivity index (χ3v) is 4.23. The predicted molar refractivity (Wildman–Crippen MR) is 74.2 cm³/mol. The summed E-state index contributed by atoms with van der Waals surface area (Å²) < 4.78 is 0. The van der Waals surface area contributed by atoms with Gasteiger partial charge in [-0.05, 0) is 51.1 Å². The quantitative estimate of drug-likeness (QED) is 0.619. The Morgan fingerprint density at radius 3 is 2.71 bits per heavy atom. The zero-order valence-corrected chi connectivity index (χ0v) is 11.6. The molecule has 0 spiro atoms. The minimum atomic E-state index is -0.383. The Balaban J connectivity index is 2.35. The molecule has 0 aromatic heterocycles. The molecule has 3 heteroatoms. The second kappa shape index (κ2) is 6.68. The summed E-state index contributed by atoms with van der Waals surface area (Å²) in [6.07, 6.45) is 1.93. The first kappa shape index (κ1) is 14.1. The Morgan fingerprint density at radius 1 is 1.41 bits per heavy atom. The first-order valence-corrected chi connectivity index (χ1v) is 6.88. The zero-order chi connectivity index (χ0) is 12.7. The van der Waals surface area contributed by atoms with Crippen LogP contribution in [0, 0.1) is 18.3 Å². The van der Waals surface area contributed by atoms with E-state index in [4.69, 9.17) is 5.26 Å². The molecule has 0 saturated carbocycles. The molecule has 0 radical (unpaired) electrons. The fourth-order valence-electron chi connectivity index (χ4n) is 1.56. The molecule has 2 nitrogen and oxygen atoms in total. The van der Waals surface area contributed by atoms with Crippen molar-refractivity contribution < 1.29 is 0 Å². The van der Waals surface area contributed by atoms with Crippen molar-refractivity contribution in [1.82, 2.24) is 5.32 Å². The van der Waals surface area contributed by atoms with Gasteiger partial charge in [-0.2, -0.15) is 5.26 Å². The maximum atomic E-state index is 9.03. The first-order chi connectivity index (χ1) is 8.11. The predicted octanol–water partition coefficient (Wildman–Crippen LogP) is 3.37. The third kappa shape index (κ3) is 4.41. The lowest BCUT2D eigenvalue weighted by atomic mass is 9.99. The van der Waals surface area contributed by atoms with E-state index in [-0.39, 0.29) is 5.54 Å². The lowest BCUT2D eigenvalue weighted by Crippen LogP contribution is -2.37. The smallest absolute Gasteiger partial charge is 0.103 e. The number of hydrogen-bond donors (Lipinski definition) is 1. The van der Waals surface area contributed by atoms with Gasteiger partial charge >= 0.3 is 0 Å². The summed E-state index contributed by atoms with van der Waals surface area (Å²) in [5, 5.41) is 12.1. The van der Waals surface area contributed by atoms with Gasteiger partial charge in [-0.25, -0.2) is 0 Å². The van der Waals surface area contributed by atoms with Crippen LogP contribution in [0.4, 0.5) is 0 Å². The molecule has 1 aromatic rings. The van der Waals surface area contributed by atoms with E-state index in [1.807, 2.05) is 25.7 Å². The molecule has 0 heterocycles. The molecule has 1 N–H and O–H groups in total. The van der Waals surface area contributed by atoms with Crippen LogP contribution in [0.5, 0.6) is 0 Å². The lowest BCUT2D eigenvalue weighted by molar-refractivity contribution is 0.451. The van der Waals surface area contributed by atoms with Crippen molar-refractivity contribution in [1.29, 1.82) is 5.26 Å². The Hall–Kier alpha value is -0.980. The number of benzene rings is 1. The van der Waals surface area contributed by atoms with Crippen molar-refractivity contribution in [2.24, 2.45) is 0 Å². The Kier molecular flexibility index (Phi) is 5.54. The van der Waals surface area contributed by atoms with E-state index in [0.717, 1.165) is 18.6 Å². The Bertz CT molecular complexity index is 397. The number of nitriles is 1. The number of rotatable bonds is 6. The van der Waals surface area contributed by atoms with Gasteiger partial charge in [0.1, 0.15) is 5.54 Å². The van der Waals surface area contributed by atoms with Gasteiger partial charge < -0.3 is 5.32 Å². The van der Waals surface area contributed by atoms with E-state index in [1.165, 1.54) is 10.5 Å². The summed E-state index contributed by atoms with van der Waals surface area (Å²) >= 11 is 1.87. The van der Waals surface area contributed by atoms with E-state index >= 15 is 0 Å². The molecule has 0 saturated heterocycles. The van der Waals surface area contributed by atoms with Crippen LogP contribution < -0.4 is 5.32 Å². The van der Waals surface area contributed by atoms with Crippen molar-refractivity contribution in [3.05, 3.63) is 29.8 Å². The number of aryl methyl sites for hydroxylation is 1. The molecule has 0 aliphatic heterocycles. The van der Waals surface area contributed by atoms with Crippen LogP contribution in [0.2, 0.25) is 0 Å². The van der Waals surface area contributed by atoms with Gasteiger partial charge in [0.15, 0.2) is 0 Å². The fourth-order valence-corrected chi connectivity index (χ4v) is 2.54. The van der Waals surface area contributed by atoms with E-state index < -0.39 is 0 Å². The van der Waals surface area contributed by atoms with Crippen molar-refractivity contribution in [3.63, 3.8) is 0 Å². The first-order valence-electron chi connectivity index (χ1n) is 5.90. The van der Waals surface area contributed by atoms with Crippen LogP contribution in [0.25, 0.3) is 0 Å². The van der Waals surface area contributed by atoms with Crippen molar-refractivity contribution in [2.45, 2.75) is 37.1 Å². The summed E-state index contributed by atoms with van der Waals surface area (Å²) in [6, 6.07) is 10.7. The number of hydrogen-bond acceptors (Lipinski definition) is 3. The van der Waals surface area contributed by atoms with Gasteiger partial charge in [-0.1, -0.05) is 18.2 Å². The molecule has 1 unspecified atom stereocenters. The van der Waals surface area contributed by atoms with Gasteiger partial charge in [0, 0.05) is 4.90 Å². The van der Waals surface area contributed by atoms with Crippen molar-refractivity contribution >= 4 is 11.8 Å². The van der Waals surface area contributed by atoms with Gasteiger partial charge in [0.2, 0.25) is 0 Å². The van der Waals surface area contributed by atoms with Gasteiger partial charge in [-0.3, -0.25) is 0 Å². The maximum Gasteiger partial charge on any atom is 0.103 e. The summed E-state index contributed by atoms with van der Waals surface area (Å²) in [5.41, 5.74) is 0.945. The number of thioether (sulfide) groups is 1. The molecular formula is C14H20N2S.